The van der Waals surface area contributed by atoms with Crippen molar-refractivity contribution in [3.8, 4) is 0 Å². The molecule has 2 aromatic carbocycles. The van der Waals surface area contributed by atoms with Gasteiger partial charge in [-0.2, -0.15) is 0 Å². The van der Waals surface area contributed by atoms with Gasteiger partial charge in [0.2, 0.25) is 0 Å². The Balaban J connectivity index is 1.58. The second-order valence-corrected chi connectivity index (χ2v) is 6.91. The second kappa shape index (κ2) is 7.74. The first-order valence-corrected chi connectivity index (χ1v) is 8.90. The Bertz CT molecular complexity index is 977. The van der Waals surface area contributed by atoms with E-state index in [-0.39, 0.29) is 13.0 Å². The van der Waals surface area contributed by atoms with Gasteiger partial charge in [0.1, 0.15) is 5.58 Å². The number of hydrogen-bond donors (Lipinski definition) is 1. The second-order valence-electron chi connectivity index (χ2n) is 6.06. The van der Waals surface area contributed by atoms with Gasteiger partial charge >= 0.3 is 5.97 Å². The van der Waals surface area contributed by atoms with E-state index in [1.165, 1.54) is 0 Å². The number of amides is 1. The Hall–Kier alpha value is -2.60. The molecule has 6 heteroatoms. The highest BCUT2D eigenvalue weighted by atomic mass is 79.9. The van der Waals surface area contributed by atoms with Gasteiger partial charge in [-0.15, -0.1) is 0 Å². The van der Waals surface area contributed by atoms with Crippen LogP contribution >= 0.6 is 15.9 Å². The highest BCUT2D eigenvalue weighted by Crippen LogP contribution is 2.25. The molecule has 0 aliphatic heterocycles. The summed E-state index contributed by atoms with van der Waals surface area (Å²) in [4.78, 5) is 24.0. The number of anilines is 1. The number of aryl methyl sites for hydroxylation is 2. The van der Waals surface area contributed by atoms with Gasteiger partial charge in [0.25, 0.3) is 5.91 Å². The molecule has 0 aliphatic carbocycles. The van der Waals surface area contributed by atoms with Crippen LogP contribution in [0.15, 0.2) is 51.6 Å². The van der Waals surface area contributed by atoms with Crippen LogP contribution in [0, 0.1) is 13.8 Å². The maximum Gasteiger partial charge on any atom is 0.310 e. The predicted octanol–water partition coefficient (Wildman–Crippen LogP) is 4.54. The van der Waals surface area contributed by atoms with Gasteiger partial charge in [0.15, 0.2) is 6.61 Å². The lowest BCUT2D eigenvalue weighted by Crippen LogP contribution is -2.21. The molecule has 0 saturated heterocycles. The third-order valence-corrected chi connectivity index (χ3v) is 4.81. The van der Waals surface area contributed by atoms with E-state index in [1.807, 2.05) is 38.1 Å². The van der Waals surface area contributed by atoms with Crippen molar-refractivity contribution in [1.29, 1.82) is 0 Å². The fraction of sp³-hybridized carbons (Fsp3) is 0.200. The van der Waals surface area contributed by atoms with Crippen LogP contribution in [0.3, 0.4) is 0 Å². The number of para-hydroxylation sites is 1. The summed E-state index contributed by atoms with van der Waals surface area (Å²) in [6.07, 6.45) is 1.61. The molecule has 134 valence electrons. The first-order valence-electron chi connectivity index (χ1n) is 8.11. The fourth-order valence-electron chi connectivity index (χ4n) is 2.57. The van der Waals surface area contributed by atoms with Crippen LogP contribution in [0.4, 0.5) is 5.69 Å². The van der Waals surface area contributed by atoms with Crippen LogP contribution < -0.4 is 5.32 Å². The number of furan rings is 1. The maximum atomic E-state index is 12.1. The number of rotatable bonds is 5. The van der Waals surface area contributed by atoms with Crippen molar-refractivity contribution < 1.29 is 18.7 Å². The third-order valence-electron chi connectivity index (χ3n) is 4.12. The van der Waals surface area contributed by atoms with Crippen LogP contribution in [0.5, 0.6) is 0 Å². The SMILES string of the molecule is Cc1cc2occ(CC(=O)OCC(=O)Nc3ccccc3Br)c2cc1C. The number of halogens is 1. The van der Waals surface area contributed by atoms with E-state index >= 15 is 0 Å². The average Bonchev–Trinajstić information content (AvgIpc) is 2.97. The molecule has 3 rings (SSSR count). The number of carbonyl (C=O) groups excluding carboxylic acids is 2. The molecule has 1 heterocycles. The van der Waals surface area contributed by atoms with Crippen molar-refractivity contribution in [3.05, 3.63) is 63.8 Å². The van der Waals surface area contributed by atoms with Crippen LogP contribution in [0.25, 0.3) is 11.0 Å². The van der Waals surface area contributed by atoms with E-state index in [0.717, 1.165) is 32.1 Å². The lowest BCUT2D eigenvalue weighted by Gasteiger charge is -2.08. The minimum Gasteiger partial charge on any atom is -0.464 e. The van der Waals surface area contributed by atoms with Gasteiger partial charge in [0, 0.05) is 15.4 Å². The third kappa shape index (κ3) is 4.14. The van der Waals surface area contributed by atoms with Crippen molar-refractivity contribution in [2.45, 2.75) is 20.3 Å². The predicted molar refractivity (Wildman–Crippen MR) is 103 cm³/mol. The molecule has 0 fully saturated rings. The zero-order chi connectivity index (χ0) is 18.7. The van der Waals surface area contributed by atoms with E-state index in [2.05, 4.69) is 21.2 Å². The number of benzene rings is 2. The summed E-state index contributed by atoms with van der Waals surface area (Å²) in [6.45, 7) is 3.68. The molecule has 5 nitrogen and oxygen atoms in total. The molecule has 1 amide bonds. The van der Waals surface area contributed by atoms with Gasteiger partial charge in [-0.3, -0.25) is 9.59 Å². The number of nitrogens with one attached hydrogen (secondary N) is 1. The summed E-state index contributed by atoms with van der Waals surface area (Å²) in [5.41, 5.74) is 4.37. The van der Waals surface area contributed by atoms with E-state index in [1.54, 1.807) is 18.4 Å². The number of hydrogen-bond acceptors (Lipinski definition) is 4. The number of esters is 1. The molecule has 0 aliphatic rings. The molecule has 0 unspecified atom stereocenters. The fourth-order valence-corrected chi connectivity index (χ4v) is 2.96. The first-order chi connectivity index (χ1) is 12.4. The minimum absolute atomic E-state index is 0.0534. The molecule has 0 bridgehead atoms. The van der Waals surface area contributed by atoms with Gasteiger partial charge in [-0.05, 0) is 65.2 Å². The molecule has 0 saturated carbocycles. The summed E-state index contributed by atoms with van der Waals surface area (Å²) < 4.78 is 11.4. The Morgan fingerprint density at radius 2 is 1.88 bits per heavy atom. The number of ether oxygens (including phenoxy) is 1. The molecule has 1 N–H and O–H groups in total. The number of carbonyl (C=O) groups is 2. The molecule has 0 spiro atoms. The van der Waals surface area contributed by atoms with Crippen molar-refractivity contribution >= 4 is 44.5 Å². The van der Waals surface area contributed by atoms with E-state index in [9.17, 15) is 9.59 Å². The quantitative estimate of drug-likeness (QED) is 0.621. The van der Waals surface area contributed by atoms with E-state index in [0.29, 0.717) is 5.69 Å². The van der Waals surface area contributed by atoms with E-state index in [4.69, 9.17) is 9.15 Å². The van der Waals surface area contributed by atoms with E-state index < -0.39 is 11.9 Å². The largest absolute Gasteiger partial charge is 0.464 e. The summed E-state index contributed by atoms with van der Waals surface area (Å²) >= 11 is 3.35. The molecule has 26 heavy (non-hydrogen) atoms. The standard InChI is InChI=1S/C20H18BrNO4/c1-12-7-15-14(10-25-18(15)8-13(12)2)9-20(24)26-11-19(23)22-17-6-4-3-5-16(17)21/h3-8,10H,9,11H2,1-2H3,(H,22,23). The van der Waals surface area contributed by atoms with Crippen molar-refractivity contribution in [2.75, 3.05) is 11.9 Å². The van der Waals surface area contributed by atoms with Crippen molar-refractivity contribution in [3.63, 3.8) is 0 Å². The summed E-state index contributed by atoms with van der Waals surface area (Å²) in [7, 11) is 0. The Morgan fingerprint density at radius 1 is 1.15 bits per heavy atom. The highest BCUT2D eigenvalue weighted by molar-refractivity contribution is 9.10. The highest BCUT2D eigenvalue weighted by Gasteiger charge is 2.14. The Kier molecular flexibility index (Phi) is 5.42. The van der Waals surface area contributed by atoms with Crippen LogP contribution in [-0.2, 0) is 20.7 Å². The van der Waals surface area contributed by atoms with Crippen LogP contribution in [0.1, 0.15) is 16.7 Å². The summed E-state index contributed by atoms with van der Waals surface area (Å²) in [5.74, 6) is -0.873. The molecule has 3 aromatic rings. The Morgan fingerprint density at radius 3 is 2.65 bits per heavy atom. The molecular weight excluding hydrogens is 398 g/mol. The molecule has 0 atom stereocenters. The normalized spacial score (nSPS) is 10.7. The zero-order valence-corrected chi connectivity index (χ0v) is 16.1. The van der Waals surface area contributed by atoms with Gasteiger partial charge < -0.3 is 14.5 Å². The minimum atomic E-state index is -0.479. The monoisotopic (exact) mass is 415 g/mol. The maximum absolute atomic E-state index is 12.1. The van der Waals surface area contributed by atoms with Crippen molar-refractivity contribution in [2.24, 2.45) is 0 Å². The van der Waals surface area contributed by atoms with Gasteiger partial charge in [0.05, 0.1) is 18.4 Å². The molecule has 0 radical (unpaired) electrons. The first kappa shape index (κ1) is 18.2. The van der Waals surface area contributed by atoms with Crippen molar-refractivity contribution in [1.82, 2.24) is 0 Å². The number of fused-ring (bicyclic) bond motifs is 1. The van der Waals surface area contributed by atoms with Gasteiger partial charge in [-0.25, -0.2) is 0 Å². The lowest BCUT2D eigenvalue weighted by molar-refractivity contribution is -0.146. The average molecular weight is 416 g/mol. The summed E-state index contributed by atoms with van der Waals surface area (Å²) in [5, 5.41) is 3.58. The smallest absolute Gasteiger partial charge is 0.310 e. The summed E-state index contributed by atoms with van der Waals surface area (Å²) in [6, 6.07) is 11.2. The lowest BCUT2D eigenvalue weighted by atomic mass is 10.0. The molecular formula is C20H18BrNO4. The zero-order valence-electron chi connectivity index (χ0n) is 14.5. The molecule has 1 aromatic heterocycles. The van der Waals surface area contributed by atoms with Gasteiger partial charge in [-0.1, -0.05) is 12.1 Å². The Labute approximate surface area is 159 Å². The topological polar surface area (TPSA) is 68.5 Å². The van der Waals surface area contributed by atoms with Crippen LogP contribution in [-0.4, -0.2) is 18.5 Å². The van der Waals surface area contributed by atoms with Crippen LogP contribution in [0.2, 0.25) is 0 Å².